The van der Waals surface area contributed by atoms with Gasteiger partial charge in [0.25, 0.3) is 0 Å². The molecule has 0 heterocycles. The summed E-state index contributed by atoms with van der Waals surface area (Å²) in [7, 11) is 1.50. The smallest absolute Gasteiger partial charge is 0.249 e. The molecule has 1 aromatic carbocycles. The SMILES string of the molecule is COC(C)C(=O)NCc1cccc(C(N)=S)c1. The van der Waals surface area contributed by atoms with Crippen molar-refractivity contribution < 1.29 is 9.53 Å². The Morgan fingerprint density at radius 3 is 2.88 bits per heavy atom. The first-order chi connectivity index (χ1) is 8.04. The Balaban J connectivity index is 2.60. The Labute approximate surface area is 106 Å². The maximum absolute atomic E-state index is 11.5. The van der Waals surface area contributed by atoms with Crippen LogP contribution in [-0.2, 0) is 16.1 Å². The van der Waals surface area contributed by atoms with Crippen molar-refractivity contribution in [2.45, 2.75) is 19.6 Å². The topological polar surface area (TPSA) is 64.3 Å². The normalized spacial score (nSPS) is 11.9. The van der Waals surface area contributed by atoms with Crippen molar-refractivity contribution >= 4 is 23.1 Å². The molecule has 1 atom stereocenters. The monoisotopic (exact) mass is 252 g/mol. The van der Waals surface area contributed by atoms with Gasteiger partial charge in [-0.25, -0.2) is 0 Å². The molecule has 1 unspecified atom stereocenters. The second kappa shape index (κ2) is 6.32. The van der Waals surface area contributed by atoms with Crippen molar-refractivity contribution in [2.75, 3.05) is 7.11 Å². The van der Waals surface area contributed by atoms with E-state index in [1.54, 1.807) is 6.92 Å². The molecular weight excluding hydrogens is 236 g/mol. The van der Waals surface area contributed by atoms with Crippen LogP contribution in [0.5, 0.6) is 0 Å². The number of benzene rings is 1. The number of hydrogen-bond acceptors (Lipinski definition) is 3. The molecule has 3 N–H and O–H groups in total. The highest BCUT2D eigenvalue weighted by Gasteiger charge is 2.10. The van der Waals surface area contributed by atoms with E-state index in [4.69, 9.17) is 22.7 Å². The van der Waals surface area contributed by atoms with Crippen molar-refractivity contribution in [3.8, 4) is 0 Å². The molecule has 0 bridgehead atoms. The van der Waals surface area contributed by atoms with Gasteiger partial charge in [0.1, 0.15) is 11.1 Å². The minimum atomic E-state index is -0.450. The van der Waals surface area contributed by atoms with Crippen LogP contribution in [0.2, 0.25) is 0 Å². The Hall–Kier alpha value is -1.46. The van der Waals surface area contributed by atoms with E-state index in [1.165, 1.54) is 7.11 Å². The van der Waals surface area contributed by atoms with Crippen molar-refractivity contribution in [1.82, 2.24) is 5.32 Å². The Morgan fingerprint density at radius 1 is 1.59 bits per heavy atom. The van der Waals surface area contributed by atoms with Crippen LogP contribution < -0.4 is 11.1 Å². The molecule has 0 saturated heterocycles. The zero-order valence-electron chi connectivity index (χ0n) is 9.90. The van der Waals surface area contributed by atoms with Gasteiger partial charge in [0, 0.05) is 19.2 Å². The highest BCUT2D eigenvalue weighted by molar-refractivity contribution is 7.80. The number of amides is 1. The molecule has 0 aliphatic rings. The van der Waals surface area contributed by atoms with E-state index in [2.05, 4.69) is 5.32 Å². The minimum Gasteiger partial charge on any atom is -0.389 e. The Morgan fingerprint density at radius 2 is 2.29 bits per heavy atom. The quantitative estimate of drug-likeness (QED) is 0.767. The lowest BCUT2D eigenvalue weighted by Gasteiger charge is -2.10. The summed E-state index contributed by atoms with van der Waals surface area (Å²) >= 11 is 4.89. The van der Waals surface area contributed by atoms with Crippen LogP contribution in [0.15, 0.2) is 24.3 Å². The zero-order valence-corrected chi connectivity index (χ0v) is 10.7. The van der Waals surface area contributed by atoms with Crippen LogP contribution in [0.4, 0.5) is 0 Å². The van der Waals surface area contributed by atoms with Crippen molar-refractivity contribution in [1.29, 1.82) is 0 Å². The van der Waals surface area contributed by atoms with E-state index >= 15 is 0 Å². The summed E-state index contributed by atoms with van der Waals surface area (Å²) in [5.41, 5.74) is 7.28. The number of carbonyl (C=O) groups excluding carboxylic acids is 1. The van der Waals surface area contributed by atoms with Gasteiger partial charge in [-0.3, -0.25) is 4.79 Å². The molecule has 1 amide bonds. The molecule has 1 aromatic rings. The molecule has 1 rings (SSSR count). The molecule has 0 saturated carbocycles. The maximum Gasteiger partial charge on any atom is 0.249 e. The van der Waals surface area contributed by atoms with E-state index < -0.39 is 6.10 Å². The number of carbonyl (C=O) groups is 1. The molecule has 0 radical (unpaired) electrons. The molecule has 0 aliphatic carbocycles. The highest BCUT2D eigenvalue weighted by Crippen LogP contribution is 2.05. The highest BCUT2D eigenvalue weighted by atomic mass is 32.1. The van der Waals surface area contributed by atoms with Gasteiger partial charge in [0.2, 0.25) is 5.91 Å². The van der Waals surface area contributed by atoms with Gasteiger partial charge in [-0.15, -0.1) is 0 Å². The summed E-state index contributed by atoms with van der Waals surface area (Å²) in [4.78, 5) is 11.8. The molecule has 5 heteroatoms. The standard InChI is InChI=1S/C12H16N2O2S/c1-8(16-2)12(15)14-7-9-4-3-5-10(6-9)11(13)17/h3-6,8H,7H2,1-2H3,(H2,13,17)(H,14,15). The zero-order chi connectivity index (χ0) is 12.8. The summed E-state index contributed by atoms with van der Waals surface area (Å²) in [6, 6.07) is 7.46. The van der Waals surface area contributed by atoms with Gasteiger partial charge in [0.15, 0.2) is 0 Å². The predicted molar refractivity (Wildman–Crippen MR) is 70.6 cm³/mol. The average Bonchev–Trinajstić information content (AvgIpc) is 2.35. The van der Waals surface area contributed by atoms with E-state index in [0.29, 0.717) is 11.5 Å². The van der Waals surface area contributed by atoms with Gasteiger partial charge in [-0.05, 0) is 18.6 Å². The van der Waals surface area contributed by atoms with Gasteiger partial charge in [-0.1, -0.05) is 30.4 Å². The number of hydrogen-bond donors (Lipinski definition) is 2. The number of ether oxygens (including phenoxy) is 1. The van der Waals surface area contributed by atoms with Gasteiger partial charge < -0.3 is 15.8 Å². The number of nitrogens with one attached hydrogen (secondary N) is 1. The lowest BCUT2D eigenvalue weighted by Crippen LogP contribution is -2.33. The summed E-state index contributed by atoms with van der Waals surface area (Å²) < 4.78 is 4.91. The van der Waals surface area contributed by atoms with E-state index in [-0.39, 0.29) is 5.91 Å². The summed E-state index contributed by atoms with van der Waals surface area (Å²) in [6.45, 7) is 2.13. The first-order valence-electron chi connectivity index (χ1n) is 5.24. The van der Waals surface area contributed by atoms with Crippen LogP contribution in [0, 0.1) is 0 Å². The van der Waals surface area contributed by atoms with E-state index in [9.17, 15) is 4.79 Å². The molecule has 0 spiro atoms. The second-order valence-corrected chi connectivity index (χ2v) is 4.10. The Bertz CT molecular complexity index is 421. The van der Waals surface area contributed by atoms with Crippen molar-refractivity contribution in [2.24, 2.45) is 5.73 Å². The van der Waals surface area contributed by atoms with Crippen molar-refractivity contribution in [3.63, 3.8) is 0 Å². The largest absolute Gasteiger partial charge is 0.389 e. The van der Waals surface area contributed by atoms with Crippen LogP contribution in [-0.4, -0.2) is 24.1 Å². The third-order valence-corrected chi connectivity index (χ3v) is 2.64. The number of thiocarbonyl (C=S) groups is 1. The molecule has 92 valence electrons. The number of methoxy groups -OCH3 is 1. The van der Waals surface area contributed by atoms with Crippen molar-refractivity contribution in [3.05, 3.63) is 35.4 Å². The fourth-order valence-corrected chi connectivity index (χ4v) is 1.40. The molecular formula is C12H16N2O2S. The van der Waals surface area contributed by atoms with Crippen LogP contribution >= 0.6 is 12.2 Å². The number of rotatable bonds is 5. The first-order valence-corrected chi connectivity index (χ1v) is 5.64. The Kier molecular flexibility index (Phi) is 5.06. The lowest BCUT2D eigenvalue weighted by molar-refractivity contribution is -0.130. The van der Waals surface area contributed by atoms with Gasteiger partial charge >= 0.3 is 0 Å². The maximum atomic E-state index is 11.5. The van der Waals surface area contributed by atoms with E-state index in [0.717, 1.165) is 11.1 Å². The van der Waals surface area contributed by atoms with Crippen LogP contribution in [0.3, 0.4) is 0 Å². The van der Waals surface area contributed by atoms with Gasteiger partial charge in [-0.2, -0.15) is 0 Å². The lowest BCUT2D eigenvalue weighted by atomic mass is 10.1. The molecule has 0 aliphatic heterocycles. The molecule has 0 aromatic heterocycles. The molecule has 4 nitrogen and oxygen atoms in total. The fraction of sp³-hybridized carbons (Fsp3) is 0.333. The fourth-order valence-electron chi connectivity index (χ4n) is 1.27. The summed E-state index contributed by atoms with van der Waals surface area (Å²) in [5.74, 6) is -0.145. The minimum absolute atomic E-state index is 0.145. The van der Waals surface area contributed by atoms with E-state index in [1.807, 2.05) is 24.3 Å². The summed E-state index contributed by atoms with van der Waals surface area (Å²) in [5, 5.41) is 2.77. The second-order valence-electron chi connectivity index (χ2n) is 3.66. The first kappa shape index (κ1) is 13.6. The third kappa shape index (κ3) is 4.13. The molecule has 0 fully saturated rings. The number of nitrogens with two attached hydrogens (primary N) is 1. The third-order valence-electron chi connectivity index (χ3n) is 2.40. The average molecular weight is 252 g/mol. The molecule has 17 heavy (non-hydrogen) atoms. The predicted octanol–water partition coefficient (Wildman–Crippen LogP) is 0.972. The van der Waals surface area contributed by atoms with Gasteiger partial charge in [0.05, 0.1) is 0 Å². The summed E-state index contributed by atoms with van der Waals surface area (Å²) in [6.07, 6.45) is -0.450. The van der Waals surface area contributed by atoms with Crippen LogP contribution in [0.1, 0.15) is 18.1 Å². The van der Waals surface area contributed by atoms with Crippen LogP contribution in [0.25, 0.3) is 0 Å².